The van der Waals surface area contributed by atoms with Gasteiger partial charge in [0.15, 0.2) is 0 Å². The summed E-state index contributed by atoms with van der Waals surface area (Å²) in [5.41, 5.74) is 8.51. The minimum absolute atomic E-state index is 0.0951. The Bertz CT molecular complexity index is 651. The monoisotopic (exact) mass is 309 g/mol. The largest absolute Gasteiger partial charge is 0.397 e. The molecule has 0 saturated heterocycles. The Balaban J connectivity index is 2.38. The summed E-state index contributed by atoms with van der Waals surface area (Å²) >= 11 is 3.14. The Morgan fingerprint density at radius 3 is 2.90 bits per heavy atom. The van der Waals surface area contributed by atoms with E-state index in [1.54, 1.807) is 11.8 Å². The van der Waals surface area contributed by atoms with Gasteiger partial charge in [0.2, 0.25) is 0 Å². The van der Waals surface area contributed by atoms with Crippen molar-refractivity contribution in [2.24, 2.45) is 0 Å². The predicted octanol–water partition coefficient (Wildman–Crippen LogP) is 2.98. The summed E-state index contributed by atoms with van der Waals surface area (Å²) in [6, 6.07) is 2.11. The van der Waals surface area contributed by atoms with Crippen molar-refractivity contribution >= 4 is 44.8 Å². The lowest BCUT2D eigenvalue weighted by molar-refractivity contribution is 0.0948. The molecule has 0 aromatic carbocycles. The number of nitrogens with zero attached hydrogens (tertiary/aromatic N) is 1. The molecule has 0 spiro atoms. The summed E-state index contributed by atoms with van der Waals surface area (Å²) in [4.78, 5) is 17.3. The first-order chi connectivity index (χ1) is 9.43. The van der Waals surface area contributed by atoms with Crippen molar-refractivity contribution in [2.45, 2.75) is 26.8 Å². The number of rotatable bonds is 4. The normalized spacial score (nSPS) is 12.6. The fraction of sp³-hybridized carbons (Fsp3) is 0.429. The van der Waals surface area contributed by atoms with E-state index in [0.29, 0.717) is 10.6 Å². The molecular formula is C14H19N3OS2. The lowest BCUT2D eigenvalue weighted by Gasteiger charge is -2.11. The number of nitrogens with two attached hydrogens (primary N) is 1. The van der Waals surface area contributed by atoms with Crippen molar-refractivity contribution in [2.75, 3.05) is 17.7 Å². The number of aryl methyl sites for hydroxylation is 2. The zero-order chi connectivity index (χ0) is 14.9. The van der Waals surface area contributed by atoms with Crippen LogP contribution < -0.4 is 11.1 Å². The Kier molecular flexibility index (Phi) is 4.55. The third-order valence-corrected chi connectivity index (χ3v) is 5.00. The maximum Gasteiger partial charge on any atom is 0.263 e. The van der Waals surface area contributed by atoms with Gasteiger partial charge < -0.3 is 11.1 Å². The van der Waals surface area contributed by atoms with Crippen molar-refractivity contribution in [1.82, 2.24) is 10.3 Å². The summed E-state index contributed by atoms with van der Waals surface area (Å²) in [6.07, 6.45) is 2.02. The van der Waals surface area contributed by atoms with Crippen LogP contribution in [-0.4, -0.2) is 28.9 Å². The SMILES string of the molecule is CSCC(C)NC(=O)c1sc2cc(C)nc(C)c2c1N. The van der Waals surface area contributed by atoms with E-state index >= 15 is 0 Å². The Labute approximate surface area is 127 Å². The molecule has 3 N–H and O–H groups in total. The molecule has 6 heteroatoms. The number of carbonyl (C=O) groups is 1. The maximum absolute atomic E-state index is 12.3. The molecule has 1 atom stereocenters. The number of anilines is 1. The van der Waals surface area contributed by atoms with Crippen molar-refractivity contribution in [3.8, 4) is 0 Å². The zero-order valence-electron chi connectivity index (χ0n) is 12.1. The maximum atomic E-state index is 12.3. The van der Waals surface area contributed by atoms with E-state index in [2.05, 4.69) is 10.3 Å². The quantitative estimate of drug-likeness (QED) is 0.911. The van der Waals surface area contributed by atoms with Crippen LogP contribution in [0.25, 0.3) is 10.1 Å². The number of amides is 1. The van der Waals surface area contributed by atoms with Gasteiger partial charge in [0.05, 0.1) is 5.69 Å². The van der Waals surface area contributed by atoms with Crippen LogP contribution >= 0.6 is 23.1 Å². The number of nitrogen functional groups attached to an aromatic ring is 1. The smallest absolute Gasteiger partial charge is 0.263 e. The topological polar surface area (TPSA) is 68.0 Å². The predicted molar refractivity (Wildman–Crippen MR) is 88.8 cm³/mol. The van der Waals surface area contributed by atoms with E-state index in [0.717, 1.165) is 27.2 Å². The number of hydrogen-bond donors (Lipinski definition) is 2. The molecule has 0 fully saturated rings. The van der Waals surface area contributed by atoms with Crippen LogP contribution in [0.2, 0.25) is 0 Å². The summed E-state index contributed by atoms with van der Waals surface area (Å²) < 4.78 is 1.02. The van der Waals surface area contributed by atoms with Crippen LogP contribution in [0.3, 0.4) is 0 Å². The number of nitrogens with one attached hydrogen (secondary N) is 1. The first-order valence-electron chi connectivity index (χ1n) is 6.40. The average Bonchev–Trinajstić information content (AvgIpc) is 2.66. The summed E-state index contributed by atoms with van der Waals surface area (Å²) in [5.74, 6) is 0.790. The van der Waals surface area contributed by atoms with Gasteiger partial charge in [-0.1, -0.05) is 0 Å². The molecule has 20 heavy (non-hydrogen) atoms. The van der Waals surface area contributed by atoms with Gasteiger partial charge in [-0.25, -0.2) is 0 Å². The molecule has 2 heterocycles. The fourth-order valence-corrected chi connectivity index (χ4v) is 3.99. The molecular weight excluding hydrogens is 290 g/mol. The molecule has 0 aliphatic rings. The Morgan fingerprint density at radius 1 is 1.55 bits per heavy atom. The number of thiophene rings is 1. The van der Waals surface area contributed by atoms with Gasteiger partial charge in [-0.3, -0.25) is 9.78 Å². The molecule has 0 aliphatic heterocycles. The van der Waals surface area contributed by atoms with Gasteiger partial charge in [-0.15, -0.1) is 11.3 Å². The van der Waals surface area contributed by atoms with Gasteiger partial charge in [-0.05, 0) is 33.1 Å². The Hall–Kier alpha value is -1.27. The molecule has 1 unspecified atom stereocenters. The Morgan fingerprint density at radius 2 is 2.25 bits per heavy atom. The van der Waals surface area contributed by atoms with Crippen LogP contribution in [0.1, 0.15) is 28.0 Å². The molecule has 2 aromatic heterocycles. The van der Waals surface area contributed by atoms with E-state index in [9.17, 15) is 4.79 Å². The highest BCUT2D eigenvalue weighted by atomic mass is 32.2. The van der Waals surface area contributed by atoms with Crippen LogP contribution in [0.5, 0.6) is 0 Å². The van der Waals surface area contributed by atoms with Gasteiger partial charge in [0.1, 0.15) is 4.88 Å². The number of aromatic nitrogens is 1. The molecule has 0 radical (unpaired) electrons. The molecule has 0 saturated carbocycles. The van der Waals surface area contributed by atoms with E-state index in [4.69, 9.17) is 5.73 Å². The summed E-state index contributed by atoms with van der Waals surface area (Å²) in [5, 5.41) is 3.89. The second-order valence-corrected chi connectivity index (χ2v) is 6.86. The minimum Gasteiger partial charge on any atom is -0.397 e. The van der Waals surface area contributed by atoms with Crippen molar-refractivity contribution < 1.29 is 4.79 Å². The zero-order valence-corrected chi connectivity index (χ0v) is 13.7. The second kappa shape index (κ2) is 6.01. The van der Waals surface area contributed by atoms with E-state index in [1.165, 1.54) is 11.3 Å². The number of pyridine rings is 1. The van der Waals surface area contributed by atoms with Gasteiger partial charge in [0.25, 0.3) is 5.91 Å². The first-order valence-corrected chi connectivity index (χ1v) is 8.61. The van der Waals surface area contributed by atoms with Crippen LogP contribution in [0.15, 0.2) is 6.07 Å². The third-order valence-electron chi connectivity index (χ3n) is 3.02. The number of fused-ring (bicyclic) bond motifs is 1. The molecule has 0 bridgehead atoms. The second-order valence-electron chi connectivity index (χ2n) is 4.90. The number of carbonyl (C=O) groups excluding carboxylic acids is 1. The number of thioether (sulfide) groups is 1. The highest BCUT2D eigenvalue weighted by Crippen LogP contribution is 2.35. The van der Waals surface area contributed by atoms with Crippen molar-refractivity contribution in [3.05, 3.63) is 22.3 Å². The number of hydrogen-bond acceptors (Lipinski definition) is 5. The molecule has 108 valence electrons. The van der Waals surface area contributed by atoms with E-state index < -0.39 is 0 Å². The van der Waals surface area contributed by atoms with Gasteiger partial charge in [0, 0.05) is 33.3 Å². The molecule has 2 aromatic rings. The lowest BCUT2D eigenvalue weighted by Crippen LogP contribution is -2.34. The van der Waals surface area contributed by atoms with Crippen LogP contribution in [-0.2, 0) is 0 Å². The van der Waals surface area contributed by atoms with Crippen molar-refractivity contribution in [1.29, 1.82) is 0 Å². The summed E-state index contributed by atoms with van der Waals surface area (Å²) in [6.45, 7) is 5.87. The van der Waals surface area contributed by atoms with Crippen LogP contribution in [0.4, 0.5) is 5.69 Å². The average molecular weight is 309 g/mol. The van der Waals surface area contributed by atoms with Crippen molar-refractivity contribution in [3.63, 3.8) is 0 Å². The van der Waals surface area contributed by atoms with Gasteiger partial charge in [-0.2, -0.15) is 11.8 Å². The molecule has 4 nitrogen and oxygen atoms in total. The van der Waals surface area contributed by atoms with Crippen LogP contribution in [0, 0.1) is 13.8 Å². The fourth-order valence-electron chi connectivity index (χ4n) is 2.23. The third kappa shape index (κ3) is 2.91. The standard InChI is InChI=1S/C14H19N3OS2/c1-7-5-10-11(9(3)16-7)12(15)13(20-10)14(18)17-8(2)6-19-4/h5,8H,6,15H2,1-4H3,(H,17,18). The highest BCUT2D eigenvalue weighted by Gasteiger charge is 2.19. The first kappa shape index (κ1) is 15.1. The summed E-state index contributed by atoms with van der Waals surface area (Å²) in [7, 11) is 0. The van der Waals surface area contributed by atoms with Gasteiger partial charge >= 0.3 is 0 Å². The molecule has 1 amide bonds. The minimum atomic E-state index is -0.0951. The van der Waals surface area contributed by atoms with E-state index in [-0.39, 0.29) is 11.9 Å². The lowest BCUT2D eigenvalue weighted by atomic mass is 10.2. The molecule has 2 rings (SSSR count). The van der Waals surface area contributed by atoms with E-state index in [1.807, 2.05) is 33.1 Å². The highest BCUT2D eigenvalue weighted by molar-refractivity contribution is 7.98. The molecule has 0 aliphatic carbocycles.